The summed E-state index contributed by atoms with van der Waals surface area (Å²) in [6, 6.07) is 11.7. The van der Waals surface area contributed by atoms with Gasteiger partial charge in [0.2, 0.25) is 0 Å². The summed E-state index contributed by atoms with van der Waals surface area (Å²) in [7, 11) is 0. The van der Waals surface area contributed by atoms with Crippen molar-refractivity contribution in [3.8, 4) is 0 Å². The number of anilines is 1. The van der Waals surface area contributed by atoms with Crippen LogP contribution in [-0.2, 0) is 9.53 Å². The fourth-order valence-corrected chi connectivity index (χ4v) is 3.65. The minimum absolute atomic E-state index is 0.163. The Morgan fingerprint density at radius 2 is 1.88 bits per heavy atom. The molecule has 1 aromatic carbocycles. The van der Waals surface area contributed by atoms with E-state index in [2.05, 4.69) is 4.98 Å². The molecular formula is C20H20F2N2O2. The van der Waals surface area contributed by atoms with Gasteiger partial charge in [-0.15, -0.1) is 0 Å². The number of hydrogen-bond donors (Lipinski definition) is 0. The number of nitrogens with zero attached hydrogens (tertiary/aromatic N) is 2. The first-order valence-corrected chi connectivity index (χ1v) is 8.86. The van der Waals surface area contributed by atoms with Crippen LogP contribution in [0.3, 0.4) is 0 Å². The first-order chi connectivity index (χ1) is 12.6. The predicted octanol–water partition coefficient (Wildman–Crippen LogP) is 3.63. The van der Waals surface area contributed by atoms with Crippen molar-refractivity contribution in [3.63, 3.8) is 0 Å². The van der Waals surface area contributed by atoms with Crippen LogP contribution in [-0.4, -0.2) is 35.8 Å². The SMILES string of the molecule is O=C(N(c1ccc(F)cn1)C1CCOCC1)[C@]1(F)C[C@H]1c1ccccc1. The maximum absolute atomic E-state index is 15.5. The summed E-state index contributed by atoms with van der Waals surface area (Å²) >= 11 is 0. The molecular weight excluding hydrogens is 338 g/mol. The van der Waals surface area contributed by atoms with Crippen molar-refractivity contribution in [1.82, 2.24) is 4.98 Å². The topological polar surface area (TPSA) is 42.4 Å². The van der Waals surface area contributed by atoms with Crippen LogP contribution in [0.4, 0.5) is 14.6 Å². The van der Waals surface area contributed by atoms with Crippen LogP contribution in [0.15, 0.2) is 48.7 Å². The molecule has 2 atom stereocenters. The lowest BCUT2D eigenvalue weighted by atomic mass is 10.0. The number of alkyl halides is 1. The van der Waals surface area contributed by atoms with E-state index in [1.165, 1.54) is 17.0 Å². The number of hydrogen-bond acceptors (Lipinski definition) is 3. The van der Waals surface area contributed by atoms with Gasteiger partial charge in [0, 0.05) is 31.6 Å². The highest BCUT2D eigenvalue weighted by molar-refractivity contribution is 6.02. The van der Waals surface area contributed by atoms with Gasteiger partial charge < -0.3 is 4.74 Å². The molecule has 0 unspecified atom stereocenters. The van der Waals surface area contributed by atoms with E-state index in [1.54, 1.807) is 0 Å². The minimum atomic E-state index is -1.93. The van der Waals surface area contributed by atoms with E-state index >= 15 is 4.39 Å². The van der Waals surface area contributed by atoms with Crippen LogP contribution in [0, 0.1) is 5.82 Å². The highest BCUT2D eigenvalue weighted by Crippen LogP contribution is 2.56. The molecule has 4 nitrogen and oxygen atoms in total. The van der Waals surface area contributed by atoms with E-state index < -0.39 is 23.3 Å². The number of halogens is 2. The lowest BCUT2D eigenvalue weighted by molar-refractivity contribution is -0.126. The molecule has 1 aliphatic carbocycles. The second-order valence-corrected chi connectivity index (χ2v) is 6.88. The molecule has 1 amide bonds. The first kappa shape index (κ1) is 17.1. The molecule has 1 aliphatic heterocycles. The average molecular weight is 358 g/mol. The van der Waals surface area contributed by atoms with Crippen LogP contribution in [0.1, 0.15) is 30.7 Å². The van der Waals surface area contributed by atoms with Crippen LogP contribution in [0.25, 0.3) is 0 Å². The number of benzene rings is 1. The minimum Gasteiger partial charge on any atom is -0.381 e. The fraction of sp³-hybridized carbons (Fsp3) is 0.400. The maximum Gasteiger partial charge on any atom is 0.266 e. The smallest absolute Gasteiger partial charge is 0.266 e. The van der Waals surface area contributed by atoms with Gasteiger partial charge in [-0.1, -0.05) is 30.3 Å². The van der Waals surface area contributed by atoms with E-state index in [-0.39, 0.29) is 12.5 Å². The molecule has 2 heterocycles. The molecule has 1 aromatic heterocycles. The Hall–Kier alpha value is -2.34. The monoisotopic (exact) mass is 358 g/mol. The number of aromatic nitrogens is 1. The van der Waals surface area contributed by atoms with Crippen molar-refractivity contribution in [2.75, 3.05) is 18.1 Å². The van der Waals surface area contributed by atoms with Crippen molar-refractivity contribution < 1.29 is 18.3 Å². The first-order valence-electron chi connectivity index (χ1n) is 8.86. The van der Waals surface area contributed by atoms with Crippen molar-refractivity contribution in [3.05, 3.63) is 60.0 Å². The number of pyridine rings is 1. The van der Waals surface area contributed by atoms with E-state index in [0.29, 0.717) is 31.9 Å². The molecule has 1 saturated carbocycles. The van der Waals surface area contributed by atoms with Gasteiger partial charge in [0.05, 0.1) is 6.20 Å². The third-order valence-electron chi connectivity index (χ3n) is 5.18. The van der Waals surface area contributed by atoms with Gasteiger partial charge in [0.1, 0.15) is 11.6 Å². The standard InChI is InChI=1S/C20H20F2N2O2/c21-15-6-7-18(23-13-15)24(16-8-10-26-11-9-16)19(25)20(22)12-17(20)14-4-2-1-3-5-14/h1-7,13,16-17H,8-12H2/t17-,20-/m0/s1. The molecule has 26 heavy (non-hydrogen) atoms. The van der Waals surface area contributed by atoms with Crippen molar-refractivity contribution in [2.24, 2.45) is 0 Å². The molecule has 0 bridgehead atoms. The number of ether oxygens (including phenoxy) is 1. The summed E-state index contributed by atoms with van der Waals surface area (Å²) in [5.41, 5.74) is -1.11. The molecule has 4 rings (SSSR count). The molecule has 0 N–H and O–H groups in total. The molecule has 1 saturated heterocycles. The van der Waals surface area contributed by atoms with E-state index in [4.69, 9.17) is 4.74 Å². The van der Waals surface area contributed by atoms with Crippen LogP contribution in [0.2, 0.25) is 0 Å². The van der Waals surface area contributed by atoms with E-state index in [1.807, 2.05) is 30.3 Å². The molecule has 2 aliphatic rings. The summed E-state index contributed by atoms with van der Waals surface area (Å²) < 4.78 is 34.1. The zero-order chi connectivity index (χ0) is 18.1. The van der Waals surface area contributed by atoms with Crippen molar-refractivity contribution in [2.45, 2.75) is 36.9 Å². The van der Waals surface area contributed by atoms with Gasteiger partial charge in [-0.05, 0) is 30.5 Å². The Kier molecular flexibility index (Phi) is 4.44. The van der Waals surface area contributed by atoms with E-state index in [0.717, 1.165) is 11.8 Å². The Bertz CT molecular complexity index is 778. The summed E-state index contributed by atoms with van der Waals surface area (Å²) in [6.45, 7) is 1.02. The van der Waals surface area contributed by atoms with Gasteiger partial charge >= 0.3 is 0 Å². The third-order valence-corrected chi connectivity index (χ3v) is 5.18. The van der Waals surface area contributed by atoms with Crippen LogP contribution < -0.4 is 4.90 Å². The van der Waals surface area contributed by atoms with Gasteiger partial charge in [-0.3, -0.25) is 9.69 Å². The van der Waals surface area contributed by atoms with Gasteiger partial charge in [0.15, 0.2) is 5.67 Å². The zero-order valence-electron chi connectivity index (χ0n) is 14.3. The Morgan fingerprint density at radius 1 is 1.15 bits per heavy atom. The Morgan fingerprint density at radius 3 is 2.54 bits per heavy atom. The largest absolute Gasteiger partial charge is 0.381 e. The summed E-state index contributed by atoms with van der Waals surface area (Å²) in [4.78, 5) is 18.6. The zero-order valence-corrected chi connectivity index (χ0v) is 14.3. The predicted molar refractivity (Wildman–Crippen MR) is 93.2 cm³/mol. The lowest BCUT2D eigenvalue weighted by Gasteiger charge is -2.34. The third kappa shape index (κ3) is 3.09. The molecule has 136 valence electrons. The fourth-order valence-electron chi connectivity index (χ4n) is 3.65. The highest BCUT2D eigenvalue weighted by Gasteiger charge is 2.64. The van der Waals surface area contributed by atoms with Gasteiger partial charge in [-0.2, -0.15) is 0 Å². The number of carbonyl (C=O) groups excluding carboxylic acids is 1. The second kappa shape index (κ2) is 6.76. The van der Waals surface area contributed by atoms with Gasteiger partial charge in [0.25, 0.3) is 5.91 Å². The van der Waals surface area contributed by atoms with Crippen LogP contribution in [0.5, 0.6) is 0 Å². The average Bonchev–Trinajstić information content (AvgIpc) is 3.38. The maximum atomic E-state index is 15.5. The molecule has 2 aromatic rings. The summed E-state index contributed by atoms with van der Waals surface area (Å²) in [5, 5.41) is 0. The van der Waals surface area contributed by atoms with Gasteiger partial charge in [-0.25, -0.2) is 13.8 Å². The molecule has 0 spiro atoms. The Labute approximate surface area is 150 Å². The normalized spacial score (nSPS) is 25.7. The number of carbonyl (C=O) groups is 1. The summed E-state index contributed by atoms with van der Waals surface area (Å²) in [6.07, 6.45) is 2.44. The quantitative estimate of drug-likeness (QED) is 0.838. The number of rotatable bonds is 4. The lowest BCUT2D eigenvalue weighted by Crippen LogP contribution is -2.48. The highest BCUT2D eigenvalue weighted by atomic mass is 19.1. The molecule has 2 fully saturated rings. The van der Waals surface area contributed by atoms with Crippen LogP contribution >= 0.6 is 0 Å². The number of amides is 1. The van der Waals surface area contributed by atoms with Crippen molar-refractivity contribution >= 4 is 11.7 Å². The molecule has 0 radical (unpaired) electrons. The molecule has 6 heteroatoms. The second-order valence-electron chi connectivity index (χ2n) is 6.88. The van der Waals surface area contributed by atoms with E-state index in [9.17, 15) is 9.18 Å². The Balaban J connectivity index is 1.63. The summed E-state index contributed by atoms with van der Waals surface area (Å²) in [5.74, 6) is -1.23. The van der Waals surface area contributed by atoms with Crippen molar-refractivity contribution in [1.29, 1.82) is 0 Å².